The van der Waals surface area contributed by atoms with Crippen LogP contribution in [0.5, 0.6) is 0 Å². The van der Waals surface area contributed by atoms with E-state index in [-0.39, 0.29) is 25.1 Å². The Balaban J connectivity index is 1.90. The number of fused-ring (bicyclic) bond motifs is 1. The van der Waals surface area contributed by atoms with Gasteiger partial charge in [-0.05, 0) is 19.2 Å². The molecular formula is C11H19BO3. The van der Waals surface area contributed by atoms with E-state index in [0.717, 1.165) is 38.4 Å². The van der Waals surface area contributed by atoms with Crippen LogP contribution >= 0.6 is 0 Å². The van der Waals surface area contributed by atoms with Gasteiger partial charge in [-0.15, -0.1) is 0 Å². The maximum absolute atomic E-state index is 11.7. The Morgan fingerprint density at radius 3 is 3.00 bits per heavy atom. The third-order valence-electron chi connectivity index (χ3n) is 3.37. The van der Waals surface area contributed by atoms with Crippen LogP contribution in [0.4, 0.5) is 0 Å². The van der Waals surface area contributed by atoms with Crippen molar-refractivity contribution in [3.63, 3.8) is 0 Å². The average molecular weight is 210 g/mol. The predicted octanol–water partition coefficient (Wildman–Crippen LogP) is 2.41. The first-order valence-corrected chi connectivity index (χ1v) is 6.17. The summed E-state index contributed by atoms with van der Waals surface area (Å²) in [5.74, 6) is 0.00341. The summed E-state index contributed by atoms with van der Waals surface area (Å²) in [6.07, 6.45) is 7.48. The molecule has 0 aromatic heterocycles. The van der Waals surface area contributed by atoms with E-state index in [9.17, 15) is 4.79 Å². The van der Waals surface area contributed by atoms with E-state index in [1.807, 2.05) is 0 Å². The lowest BCUT2D eigenvalue weighted by Crippen LogP contribution is -2.47. The molecule has 0 radical (unpaired) electrons. The number of hydrogen-bond acceptors (Lipinski definition) is 3. The standard InChI is InChI=1S/C11H19BO3/c1-2-3-8-12-14-10-7-5-4-6-9(10)11(13)15-12/h9-10H,2-8H2,1H3/t9-,10+/m1/s1. The van der Waals surface area contributed by atoms with Crippen LogP contribution in [0, 0.1) is 5.92 Å². The van der Waals surface area contributed by atoms with E-state index in [1.54, 1.807) is 0 Å². The summed E-state index contributed by atoms with van der Waals surface area (Å²) >= 11 is 0. The molecule has 84 valence electrons. The number of carbonyl (C=O) groups is 1. The predicted molar refractivity (Wildman–Crippen MR) is 58.4 cm³/mol. The molecule has 4 heteroatoms. The zero-order chi connectivity index (χ0) is 10.7. The van der Waals surface area contributed by atoms with Crippen molar-refractivity contribution in [3.8, 4) is 0 Å². The molecule has 1 aliphatic heterocycles. The molecule has 0 spiro atoms. The molecule has 2 rings (SSSR count). The molecule has 15 heavy (non-hydrogen) atoms. The van der Waals surface area contributed by atoms with Crippen molar-refractivity contribution in [1.82, 2.24) is 0 Å². The Hall–Kier alpha value is -0.505. The van der Waals surface area contributed by atoms with Gasteiger partial charge in [0.05, 0.1) is 12.0 Å². The second-order valence-electron chi connectivity index (χ2n) is 4.57. The zero-order valence-electron chi connectivity index (χ0n) is 9.41. The first-order chi connectivity index (χ1) is 7.31. The van der Waals surface area contributed by atoms with Crippen molar-refractivity contribution in [3.05, 3.63) is 0 Å². The number of rotatable bonds is 3. The topological polar surface area (TPSA) is 35.5 Å². The molecule has 2 aliphatic rings. The first-order valence-electron chi connectivity index (χ1n) is 6.17. The van der Waals surface area contributed by atoms with Crippen molar-refractivity contribution in [2.75, 3.05) is 0 Å². The molecule has 1 heterocycles. The van der Waals surface area contributed by atoms with Crippen LogP contribution in [0.3, 0.4) is 0 Å². The monoisotopic (exact) mass is 210 g/mol. The van der Waals surface area contributed by atoms with Gasteiger partial charge in [0.2, 0.25) is 0 Å². The van der Waals surface area contributed by atoms with Crippen LogP contribution in [0.1, 0.15) is 45.4 Å². The summed E-state index contributed by atoms with van der Waals surface area (Å²) in [6, 6.07) is 0. The summed E-state index contributed by atoms with van der Waals surface area (Å²) in [5, 5.41) is 0. The molecular weight excluding hydrogens is 191 g/mol. The Kier molecular flexibility index (Phi) is 3.68. The van der Waals surface area contributed by atoms with Gasteiger partial charge in [-0.25, -0.2) is 0 Å². The van der Waals surface area contributed by atoms with Gasteiger partial charge in [0.15, 0.2) is 0 Å². The summed E-state index contributed by atoms with van der Waals surface area (Å²) in [5.41, 5.74) is 0. The molecule has 0 aromatic rings. The second kappa shape index (κ2) is 5.02. The number of carbonyl (C=O) groups excluding carboxylic acids is 1. The van der Waals surface area contributed by atoms with Gasteiger partial charge < -0.3 is 9.31 Å². The van der Waals surface area contributed by atoms with Gasteiger partial charge in [-0.3, -0.25) is 4.79 Å². The van der Waals surface area contributed by atoms with Crippen molar-refractivity contribution < 1.29 is 14.1 Å². The van der Waals surface area contributed by atoms with Crippen LogP contribution in [0.2, 0.25) is 6.32 Å². The molecule has 2 atom stereocenters. The molecule has 1 saturated heterocycles. The van der Waals surface area contributed by atoms with E-state index >= 15 is 0 Å². The molecule has 3 nitrogen and oxygen atoms in total. The summed E-state index contributed by atoms with van der Waals surface area (Å²) in [6.45, 7) is 2.13. The first kappa shape index (κ1) is 11.0. The maximum Gasteiger partial charge on any atom is 0.527 e. The Bertz CT molecular complexity index is 232. The number of hydrogen-bond donors (Lipinski definition) is 0. The van der Waals surface area contributed by atoms with Crippen molar-refractivity contribution >= 4 is 13.1 Å². The van der Waals surface area contributed by atoms with Gasteiger partial charge >= 0.3 is 7.12 Å². The minimum Gasteiger partial charge on any atom is -0.509 e. The quantitative estimate of drug-likeness (QED) is 0.671. The third-order valence-corrected chi connectivity index (χ3v) is 3.37. The van der Waals surface area contributed by atoms with Crippen LogP contribution in [-0.4, -0.2) is 19.2 Å². The van der Waals surface area contributed by atoms with Gasteiger partial charge in [0, 0.05) is 0 Å². The lowest BCUT2D eigenvalue weighted by molar-refractivity contribution is -0.152. The van der Waals surface area contributed by atoms with Gasteiger partial charge in [0.1, 0.15) is 0 Å². The minimum absolute atomic E-state index is 0.0212. The second-order valence-corrected chi connectivity index (χ2v) is 4.57. The van der Waals surface area contributed by atoms with Crippen LogP contribution in [0.15, 0.2) is 0 Å². The maximum atomic E-state index is 11.7. The van der Waals surface area contributed by atoms with E-state index < -0.39 is 0 Å². The van der Waals surface area contributed by atoms with Crippen LogP contribution in [0.25, 0.3) is 0 Å². The molecule has 1 aliphatic carbocycles. The fraction of sp³-hybridized carbons (Fsp3) is 0.909. The molecule has 0 bridgehead atoms. The van der Waals surface area contributed by atoms with Gasteiger partial charge in [0.25, 0.3) is 5.97 Å². The molecule has 0 unspecified atom stereocenters. The van der Waals surface area contributed by atoms with Gasteiger partial charge in [-0.1, -0.05) is 32.6 Å². The fourth-order valence-electron chi connectivity index (χ4n) is 2.47. The minimum atomic E-state index is -0.267. The Labute approximate surface area is 91.7 Å². The SMILES string of the molecule is CCCCB1OC(=O)[C@@H]2CCCC[C@@H]2O1. The molecule has 0 aromatic carbocycles. The lowest BCUT2D eigenvalue weighted by Gasteiger charge is -2.36. The summed E-state index contributed by atoms with van der Waals surface area (Å²) in [7, 11) is -0.267. The summed E-state index contributed by atoms with van der Waals surface area (Å²) < 4.78 is 11.1. The number of unbranched alkanes of at least 4 members (excludes halogenated alkanes) is 1. The summed E-state index contributed by atoms with van der Waals surface area (Å²) in [4.78, 5) is 11.7. The highest BCUT2D eigenvalue weighted by Gasteiger charge is 2.42. The largest absolute Gasteiger partial charge is 0.527 e. The van der Waals surface area contributed by atoms with Gasteiger partial charge in [-0.2, -0.15) is 0 Å². The fourth-order valence-corrected chi connectivity index (χ4v) is 2.47. The zero-order valence-corrected chi connectivity index (χ0v) is 9.41. The van der Waals surface area contributed by atoms with Crippen molar-refractivity contribution in [1.29, 1.82) is 0 Å². The molecule has 2 fully saturated rings. The van der Waals surface area contributed by atoms with E-state index in [2.05, 4.69) is 6.92 Å². The highest BCUT2D eigenvalue weighted by Crippen LogP contribution is 2.32. The third kappa shape index (κ3) is 2.54. The average Bonchev–Trinajstić information content (AvgIpc) is 2.26. The van der Waals surface area contributed by atoms with Crippen molar-refractivity contribution in [2.24, 2.45) is 5.92 Å². The molecule has 1 saturated carbocycles. The lowest BCUT2D eigenvalue weighted by atomic mass is 9.76. The van der Waals surface area contributed by atoms with Crippen LogP contribution in [-0.2, 0) is 14.1 Å². The smallest absolute Gasteiger partial charge is 0.509 e. The van der Waals surface area contributed by atoms with E-state index in [1.165, 1.54) is 6.42 Å². The molecule has 0 N–H and O–H groups in total. The van der Waals surface area contributed by atoms with E-state index in [4.69, 9.17) is 9.31 Å². The normalized spacial score (nSPS) is 31.0. The molecule has 0 amide bonds. The Morgan fingerprint density at radius 2 is 2.20 bits per heavy atom. The highest BCUT2D eigenvalue weighted by atomic mass is 16.6. The van der Waals surface area contributed by atoms with Crippen LogP contribution < -0.4 is 0 Å². The van der Waals surface area contributed by atoms with Crippen molar-refractivity contribution in [2.45, 2.75) is 57.9 Å². The highest BCUT2D eigenvalue weighted by molar-refractivity contribution is 6.47. The Morgan fingerprint density at radius 1 is 1.40 bits per heavy atom. The van der Waals surface area contributed by atoms with E-state index in [0.29, 0.717) is 0 Å².